The van der Waals surface area contributed by atoms with Gasteiger partial charge in [0.25, 0.3) is 0 Å². The van der Waals surface area contributed by atoms with Crippen molar-refractivity contribution in [2.75, 3.05) is 0 Å². The maximum absolute atomic E-state index is 8.48. The predicted molar refractivity (Wildman–Crippen MR) is 31.7 cm³/mol. The second kappa shape index (κ2) is 16.0. The number of hydrogen-bond donors (Lipinski definition) is 1. The molecule has 3 nitrogen and oxygen atoms in total. The van der Waals surface area contributed by atoms with Crippen LogP contribution in [-0.4, -0.2) is 13.0 Å². The third-order valence-corrected chi connectivity index (χ3v) is 0.500. The van der Waals surface area contributed by atoms with Crippen LogP contribution >= 0.6 is 0 Å². The number of thiol groups is 1. The van der Waals surface area contributed by atoms with Crippen molar-refractivity contribution in [2.45, 2.75) is 26.7 Å². The van der Waals surface area contributed by atoms with E-state index < -0.39 is 11.0 Å². The molecule has 0 aliphatic rings. The first-order valence-electron chi connectivity index (χ1n) is 2.46. The summed E-state index contributed by atoms with van der Waals surface area (Å²) in [7, 11) is -3.37. The Hall–Kier alpha value is 0.910. The summed E-state index contributed by atoms with van der Waals surface area (Å²) in [5, 5.41) is 0. The molecule has 0 spiro atoms. The van der Waals surface area contributed by atoms with E-state index in [1.165, 1.54) is 12.8 Å². The molecule has 0 atom stereocenters. The van der Waals surface area contributed by atoms with Crippen molar-refractivity contribution in [1.82, 2.24) is 0 Å². The third kappa shape index (κ3) is 117. The van der Waals surface area contributed by atoms with Gasteiger partial charge >= 0.3 is 29.6 Å². The molecule has 0 heterocycles. The fourth-order valence-corrected chi connectivity index (χ4v) is 0. The van der Waals surface area contributed by atoms with Crippen LogP contribution in [0.1, 0.15) is 26.7 Å². The molecule has 0 radical (unpaired) electrons. The van der Waals surface area contributed by atoms with Crippen molar-refractivity contribution < 1.29 is 42.5 Å². The Balaban J connectivity index is -0.0000000720. The number of hydrogen-bond acceptors (Lipinski definition) is 3. The average Bonchev–Trinajstić information content (AvgIpc) is 1.65. The Kier molecular flexibility index (Phi) is 29.2. The van der Waals surface area contributed by atoms with E-state index in [-0.39, 0.29) is 29.6 Å². The smallest absolute Gasteiger partial charge is 0.750 e. The molecule has 0 aliphatic carbocycles. The van der Waals surface area contributed by atoms with Gasteiger partial charge in [0.1, 0.15) is 0 Å². The summed E-state index contributed by atoms with van der Waals surface area (Å²) in [6.07, 6.45) is 2.64. The number of rotatable bonds is 1. The molecule has 52 valence electrons. The van der Waals surface area contributed by atoms with E-state index in [1.807, 2.05) is 0 Å². The van der Waals surface area contributed by atoms with Crippen molar-refractivity contribution in [2.24, 2.45) is 0 Å². The van der Waals surface area contributed by atoms with Crippen LogP contribution in [0.3, 0.4) is 0 Å². The Morgan fingerprint density at radius 3 is 1.33 bits per heavy atom. The van der Waals surface area contributed by atoms with Gasteiger partial charge in [-0.3, -0.25) is 0 Å². The first-order valence-corrected chi connectivity index (χ1v) is 3.56. The second-order valence-electron chi connectivity index (χ2n) is 1.22. The quantitative estimate of drug-likeness (QED) is 0.264. The Labute approximate surface area is 79.9 Å². The molecular formula is C4H11NaO3S. The van der Waals surface area contributed by atoms with E-state index in [9.17, 15) is 0 Å². The molecule has 0 rings (SSSR count). The van der Waals surface area contributed by atoms with E-state index in [1.54, 1.807) is 0 Å². The summed E-state index contributed by atoms with van der Waals surface area (Å²) in [5.74, 6) is 0. The predicted octanol–water partition coefficient (Wildman–Crippen LogP) is -2.46. The molecule has 0 N–H and O–H groups in total. The third-order valence-electron chi connectivity index (χ3n) is 0.500. The van der Waals surface area contributed by atoms with E-state index in [2.05, 4.69) is 13.8 Å². The topological polar surface area (TPSA) is 57.2 Å². The zero-order valence-electron chi connectivity index (χ0n) is 6.09. The Bertz CT molecular complexity index is 81.8. The fourth-order valence-electron chi connectivity index (χ4n) is 0. The van der Waals surface area contributed by atoms with Gasteiger partial charge in [0.2, 0.25) is 0 Å². The van der Waals surface area contributed by atoms with Gasteiger partial charge < -0.3 is 4.55 Å². The molecule has 0 aliphatic heterocycles. The largest absolute Gasteiger partial charge is 1.00 e. The summed E-state index contributed by atoms with van der Waals surface area (Å²) in [6, 6.07) is 0. The fraction of sp³-hybridized carbons (Fsp3) is 1.00. The van der Waals surface area contributed by atoms with E-state index in [4.69, 9.17) is 13.0 Å². The molecule has 0 saturated carbocycles. The van der Waals surface area contributed by atoms with Crippen LogP contribution in [0.25, 0.3) is 0 Å². The molecule has 0 bridgehead atoms. The van der Waals surface area contributed by atoms with Crippen LogP contribution in [0, 0.1) is 0 Å². The van der Waals surface area contributed by atoms with Crippen LogP contribution in [0.15, 0.2) is 0 Å². The molecule has 0 saturated heterocycles. The van der Waals surface area contributed by atoms with E-state index >= 15 is 0 Å². The van der Waals surface area contributed by atoms with Crippen molar-refractivity contribution in [3.8, 4) is 0 Å². The van der Waals surface area contributed by atoms with Gasteiger partial charge in [0.15, 0.2) is 0 Å². The zero-order valence-corrected chi connectivity index (χ0v) is 8.98. The summed E-state index contributed by atoms with van der Waals surface area (Å²) in [6.45, 7) is 4.36. The van der Waals surface area contributed by atoms with Gasteiger partial charge in [-0.2, -0.15) is 0 Å². The van der Waals surface area contributed by atoms with Gasteiger partial charge in [-0.25, -0.2) is 8.42 Å². The zero-order chi connectivity index (χ0) is 6.99. The van der Waals surface area contributed by atoms with Gasteiger partial charge in [-0.1, -0.05) is 26.7 Å². The normalized spacial score (nSPS) is 7.11. The standard InChI is InChI=1S/C4H10.Na.H2O3S/c1-3-4-2;;1-4(2)3/h3-4H2,1-2H3;;4H,(H,1,2,3)/q;+1;/p-1. The average molecular weight is 162 g/mol. The minimum atomic E-state index is -3.37. The maximum atomic E-state index is 8.48. The van der Waals surface area contributed by atoms with Crippen molar-refractivity contribution in [3.63, 3.8) is 0 Å². The summed E-state index contributed by atoms with van der Waals surface area (Å²) >= 11 is 0. The van der Waals surface area contributed by atoms with Crippen molar-refractivity contribution in [3.05, 3.63) is 0 Å². The molecule has 5 heteroatoms. The van der Waals surface area contributed by atoms with Gasteiger partial charge in [0.05, 0.1) is 11.0 Å². The van der Waals surface area contributed by atoms with Crippen molar-refractivity contribution in [1.29, 1.82) is 0 Å². The van der Waals surface area contributed by atoms with Crippen LogP contribution in [-0.2, 0) is 11.0 Å². The molecule has 9 heavy (non-hydrogen) atoms. The summed E-state index contributed by atoms with van der Waals surface area (Å²) in [4.78, 5) is 0. The summed E-state index contributed by atoms with van der Waals surface area (Å²) < 4.78 is 25.4. The maximum Gasteiger partial charge on any atom is 1.00 e. The van der Waals surface area contributed by atoms with Gasteiger partial charge in [0, 0.05) is 0 Å². The van der Waals surface area contributed by atoms with Crippen LogP contribution in [0.2, 0.25) is 0 Å². The van der Waals surface area contributed by atoms with Gasteiger partial charge in [-0.05, 0) is 0 Å². The first-order chi connectivity index (χ1) is 3.65. The SMILES string of the molecule is CCCC.O=[SH](=O)[O-].[Na+]. The monoisotopic (exact) mass is 162 g/mol. The van der Waals surface area contributed by atoms with Crippen LogP contribution in [0.4, 0.5) is 0 Å². The van der Waals surface area contributed by atoms with Crippen molar-refractivity contribution >= 4 is 11.0 Å². The van der Waals surface area contributed by atoms with Crippen LogP contribution in [0.5, 0.6) is 0 Å². The molecule has 0 aromatic heterocycles. The molecule has 0 fully saturated rings. The van der Waals surface area contributed by atoms with Crippen LogP contribution < -0.4 is 29.6 Å². The molecule has 0 amide bonds. The van der Waals surface area contributed by atoms with Gasteiger partial charge in [-0.15, -0.1) is 0 Å². The number of unbranched alkanes of at least 4 members (excludes halogenated alkanes) is 1. The Morgan fingerprint density at radius 2 is 1.33 bits per heavy atom. The first kappa shape index (κ1) is 16.5. The second-order valence-corrected chi connectivity index (χ2v) is 1.67. The van der Waals surface area contributed by atoms with E-state index in [0.29, 0.717) is 0 Å². The summed E-state index contributed by atoms with van der Waals surface area (Å²) in [5.41, 5.74) is 0. The van der Waals surface area contributed by atoms with E-state index in [0.717, 1.165) is 0 Å². The minimum Gasteiger partial charge on any atom is -0.750 e. The Morgan fingerprint density at radius 1 is 1.22 bits per heavy atom. The molecule has 0 aromatic carbocycles. The molecule has 0 aromatic rings. The molecule has 0 unspecified atom stereocenters. The molecular weight excluding hydrogens is 151 g/mol. The minimum absolute atomic E-state index is 0.